The van der Waals surface area contributed by atoms with E-state index in [1.54, 1.807) is 17.6 Å². The Labute approximate surface area is 119 Å². The van der Waals surface area contributed by atoms with Gasteiger partial charge >= 0.3 is 0 Å². The highest BCUT2D eigenvalue weighted by atomic mass is 35.5. The van der Waals surface area contributed by atoms with Crippen molar-refractivity contribution in [1.82, 2.24) is 9.97 Å². The highest BCUT2D eigenvalue weighted by molar-refractivity contribution is 7.16. The van der Waals surface area contributed by atoms with Crippen molar-refractivity contribution in [2.75, 3.05) is 11.9 Å². The summed E-state index contributed by atoms with van der Waals surface area (Å²) in [5, 5.41) is 3.30. The standard InChI is InChI=1S/C13H12ClN3OS/c1-8-9(3-5-18-8)7-17(2)11-10-4-6-19-12(10)16-13(14)15-11/h3-6H,7H2,1-2H3. The second kappa shape index (κ2) is 4.83. The molecule has 0 unspecified atom stereocenters. The molecule has 3 heterocycles. The molecule has 0 aliphatic heterocycles. The summed E-state index contributed by atoms with van der Waals surface area (Å²) in [6.45, 7) is 2.68. The fraction of sp³-hybridized carbons (Fsp3) is 0.231. The number of rotatable bonds is 3. The summed E-state index contributed by atoms with van der Waals surface area (Å²) < 4.78 is 5.31. The van der Waals surface area contributed by atoms with E-state index >= 15 is 0 Å². The highest BCUT2D eigenvalue weighted by Crippen LogP contribution is 2.29. The van der Waals surface area contributed by atoms with E-state index in [9.17, 15) is 0 Å². The molecule has 6 heteroatoms. The molecule has 0 fully saturated rings. The lowest BCUT2D eigenvalue weighted by Crippen LogP contribution is -2.18. The van der Waals surface area contributed by atoms with Gasteiger partial charge in [0.05, 0.1) is 11.6 Å². The molecule has 19 heavy (non-hydrogen) atoms. The molecule has 0 saturated carbocycles. The predicted molar refractivity (Wildman–Crippen MR) is 78.0 cm³/mol. The van der Waals surface area contributed by atoms with Crippen molar-refractivity contribution in [2.24, 2.45) is 0 Å². The third-order valence-corrected chi connectivity index (χ3v) is 3.99. The summed E-state index contributed by atoms with van der Waals surface area (Å²) >= 11 is 7.54. The first-order valence-corrected chi connectivity index (χ1v) is 7.06. The van der Waals surface area contributed by atoms with Gasteiger partial charge < -0.3 is 9.32 Å². The molecular weight excluding hydrogens is 282 g/mol. The van der Waals surface area contributed by atoms with Crippen LogP contribution in [0.25, 0.3) is 10.2 Å². The zero-order valence-corrected chi connectivity index (χ0v) is 12.1. The monoisotopic (exact) mass is 293 g/mol. The van der Waals surface area contributed by atoms with Crippen LogP contribution >= 0.6 is 22.9 Å². The number of hydrogen-bond donors (Lipinski definition) is 0. The number of anilines is 1. The van der Waals surface area contributed by atoms with Crippen LogP contribution in [-0.2, 0) is 6.54 Å². The van der Waals surface area contributed by atoms with E-state index in [1.807, 2.05) is 31.5 Å². The van der Waals surface area contributed by atoms with Crippen LogP contribution in [0.2, 0.25) is 5.28 Å². The molecule has 0 aliphatic rings. The van der Waals surface area contributed by atoms with E-state index in [0.717, 1.165) is 33.9 Å². The number of furan rings is 1. The number of nitrogens with zero attached hydrogens (tertiary/aromatic N) is 3. The number of thiophene rings is 1. The fourth-order valence-electron chi connectivity index (χ4n) is 2.01. The molecule has 98 valence electrons. The largest absolute Gasteiger partial charge is 0.469 e. The Morgan fingerprint density at radius 1 is 1.37 bits per heavy atom. The van der Waals surface area contributed by atoms with Gasteiger partial charge in [-0.3, -0.25) is 0 Å². The average Bonchev–Trinajstić information content (AvgIpc) is 2.98. The van der Waals surface area contributed by atoms with Crippen LogP contribution in [0.4, 0.5) is 5.82 Å². The average molecular weight is 294 g/mol. The molecule has 4 nitrogen and oxygen atoms in total. The highest BCUT2D eigenvalue weighted by Gasteiger charge is 2.13. The number of aromatic nitrogens is 2. The molecule has 0 radical (unpaired) electrons. The Morgan fingerprint density at radius 3 is 2.95 bits per heavy atom. The number of aryl methyl sites for hydroxylation is 1. The first-order valence-electron chi connectivity index (χ1n) is 5.80. The molecule has 0 aromatic carbocycles. The number of halogens is 1. The smallest absolute Gasteiger partial charge is 0.225 e. The van der Waals surface area contributed by atoms with Gasteiger partial charge in [-0.15, -0.1) is 11.3 Å². The van der Waals surface area contributed by atoms with Crippen molar-refractivity contribution in [1.29, 1.82) is 0 Å². The van der Waals surface area contributed by atoms with E-state index in [2.05, 4.69) is 14.9 Å². The van der Waals surface area contributed by atoms with Crippen LogP contribution in [0.5, 0.6) is 0 Å². The zero-order chi connectivity index (χ0) is 13.4. The molecule has 0 atom stereocenters. The van der Waals surface area contributed by atoms with E-state index in [4.69, 9.17) is 16.0 Å². The Hall–Kier alpha value is -1.59. The van der Waals surface area contributed by atoms with E-state index in [-0.39, 0.29) is 5.28 Å². The van der Waals surface area contributed by atoms with E-state index in [1.165, 1.54) is 0 Å². The molecule has 0 N–H and O–H groups in total. The van der Waals surface area contributed by atoms with E-state index < -0.39 is 0 Å². The lowest BCUT2D eigenvalue weighted by atomic mass is 10.2. The van der Waals surface area contributed by atoms with Gasteiger partial charge in [0, 0.05) is 19.2 Å². The maximum atomic E-state index is 5.98. The molecule has 0 amide bonds. The summed E-state index contributed by atoms with van der Waals surface area (Å²) in [5.41, 5.74) is 1.14. The first-order chi connectivity index (χ1) is 9.15. The SMILES string of the molecule is Cc1occc1CN(C)c1nc(Cl)nc2sccc12. The van der Waals surface area contributed by atoms with Gasteiger partial charge in [-0.25, -0.2) is 4.98 Å². The van der Waals surface area contributed by atoms with Gasteiger partial charge in [-0.2, -0.15) is 4.98 Å². The predicted octanol–water partition coefficient (Wildman–Crippen LogP) is 3.88. The van der Waals surface area contributed by atoms with Crippen molar-refractivity contribution in [3.8, 4) is 0 Å². The molecule has 3 aromatic heterocycles. The van der Waals surface area contributed by atoms with Gasteiger partial charge in [0.25, 0.3) is 0 Å². The van der Waals surface area contributed by atoms with Crippen molar-refractivity contribution < 1.29 is 4.42 Å². The number of hydrogen-bond acceptors (Lipinski definition) is 5. The first kappa shape index (κ1) is 12.4. The minimum absolute atomic E-state index is 0.278. The molecule has 3 rings (SSSR count). The summed E-state index contributed by atoms with van der Waals surface area (Å²) in [7, 11) is 1.99. The van der Waals surface area contributed by atoms with Crippen LogP contribution in [-0.4, -0.2) is 17.0 Å². The minimum atomic E-state index is 0.278. The summed E-state index contributed by atoms with van der Waals surface area (Å²) in [6, 6.07) is 3.99. The van der Waals surface area contributed by atoms with Crippen LogP contribution in [0.15, 0.2) is 28.2 Å². The Morgan fingerprint density at radius 2 is 2.21 bits per heavy atom. The van der Waals surface area contributed by atoms with Gasteiger partial charge in [0.2, 0.25) is 5.28 Å². The van der Waals surface area contributed by atoms with Crippen molar-refractivity contribution in [3.05, 3.63) is 40.4 Å². The number of fused-ring (bicyclic) bond motifs is 1. The minimum Gasteiger partial charge on any atom is -0.469 e. The molecule has 0 aliphatic carbocycles. The van der Waals surface area contributed by atoms with E-state index in [0.29, 0.717) is 0 Å². The fourth-order valence-corrected chi connectivity index (χ4v) is 2.98. The Bertz CT molecular complexity index is 722. The van der Waals surface area contributed by atoms with Gasteiger partial charge in [-0.1, -0.05) is 0 Å². The normalized spacial score (nSPS) is 11.1. The van der Waals surface area contributed by atoms with Crippen LogP contribution < -0.4 is 4.90 Å². The third kappa shape index (κ3) is 2.31. The maximum absolute atomic E-state index is 5.98. The summed E-state index contributed by atoms with van der Waals surface area (Å²) in [6.07, 6.45) is 1.70. The van der Waals surface area contributed by atoms with Crippen molar-refractivity contribution in [2.45, 2.75) is 13.5 Å². The van der Waals surface area contributed by atoms with Crippen molar-refractivity contribution >= 4 is 39.0 Å². The maximum Gasteiger partial charge on any atom is 0.225 e. The molecule has 0 spiro atoms. The van der Waals surface area contributed by atoms with Crippen molar-refractivity contribution in [3.63, 3.8) is 0 Å². The van der Waals surface area contributed by atoms with Crippen LogP contribution in [0.3, 0.4) is 0 Å². The Kier molecular flexibility index (Phi) is 3.16. The Balaban J connectivity index is 1.99. The molecular formula is C13H12ClN3OS. The quantitative estimate of drug-likeness (QED) is 0.687. The lowest BCUT2D eigenvalue weighted by molar-refractivity contribution is 0.529. The molecule has 0 bridgehead atoms. The van der Waals surface area contributed by atoms with Gasteiger partial charge in [0.15, 0.2) is 0 Å². The topological polar surface area (TPSA) is 42.2 Å². The molecule has 3 aromatic rings. The zero-order valence-electron chi connectivity index (χ0n) is 10.6. The van der Waals surface area contributed by atoms with Gasteiger partial charge in [-0.05, 0) is 36.0 Å². The second-order valence-corrected chi connectivity index (χ2v) is 5.55. The van der Waals surface area contributed by atoms with Crippen LogP contribution in [0.1, 0.15) is 11.3 Å². The second-order valence-electron chi connectivity index (χ2n) is 4.31. The third-order valence-electron chi connectivity index (χ3n) is 3.01. The summed E-state index contributed by atoms with van der Waals surface area (Å²) in [5.74, 6) is 1.77. The van der Waals surface area contributed by atoms with Crippen LogP contribution in [0, 0.1) is 6.92 Å². The van der Waals surface area contributed by atoms with Gasteiger partial charge in [0.1, 0.15) is 16.4 Å². The molecule has 0 saturated heterocycles. The summed E-state index contributed by atoms with van der Waals surface area (Å²) in [4.78, 5) is 11.5. The lowest BCUT2D eigenvalue weighted by Gasteiger charge is -2.18.